The number of aryl methyl sites for hydroxylation is 1. The van der Waals surface area contributed by atoms with Gasteiger partial charge >= 0.3 is 0 Å². The monoisotopic (exact) mass is 300 g/mol. The molecular formula is C17H20N2OS. The van der Waals surface area contributed by atoms with Gasteiger partial charge in [-0.3, -0.25) is 0 Å². The van der Waals surface area contributed by atoms with Crippen LogP contribution in [0.2, 0.25) is 0 Å². The first-order valence-electron chi connectivity index (χ1n) is 7.75. The van der Waals surface area contributed by atoms with E-state index in [0.717, 1.165) is 43.1 Å². The van der Waals surface area contributed by atoms with Crippen molar-refractivity contribution in [2.45, 2.75) is 38.7 Å². The molecule has 1 aromatic heterocycles. The van der Waals surface area contributed by atoms with E-state index in [1.165, 1.54) is 16.1 Å². The van der Waals surface area contributed by atoms with Crippen molar-refractivity contribution in [2.75, 3.05) is 11.4 Å². The van der Waals surface area contributed by atoms with Crippen LogP contribution >= 0.6 is 11.3 Å². The Morgan fingerprint density at radius 1 is 1.33 bits per heavy atom. The number of thiazole rings is 1. The molecule has 0 saturated carbocycles. The maximum absolute atomic E-state index is 10.1. The smallest absolute Gasteiger partial charge is 0.190 e. The molecule has 0 amide bonds. The van der Waals surface area contributed by atoms with E-state index in [1.807, 2.05) is 0 Å². The summed E-state index contributed by atoms with van der Waals surface area (Å²) in [4.78, 5) is 8.41. The SMILES string of the molecule is CC1Cc2ccccc2N(c2nc3c(s2)CCCC3O)C1. The molecular weight excluding hydrogens is 280 g/mol. The van der Waals surface area contributed by atoms with Crippen LogP contribution in [0.1, 0.15) is 42.0 Å². The molecule has 0 spiro atoms. The van der Waals surface area contributed by atoms with Crippen LogP contribution in [-0.4, -0.2) is 16.6 Å². The molecule has 1 N–H and O–H groups in total. The van der Waals surface area contributed by atoms with Crippen LogP contribution < -0.4 is 4.90 Å². The van der Waals surface area contributed by atoms with Crippen molar-refractivity contribution in [1.82, 2.24) is 4.98 Å². The second-order valence-corrected chi connectivity index (χ2v) is 7.32. The van der Waals surface area contributed by atoms with Gasteiger partial charge in [0.05, 0.1) is 11.8 Å². The molecule has 0 fully saturated rings. The third-order valence-corrected chi connectivity index (χ3v) is 5.64. The summed E-state index contributed by atoms with van der Waals surface area (Å²) < 4.78 is 0. The Morgan fingerprint density at radius 3 is 3.05 bits per heavy atom. The molecule has 1 aliphatic carbocycles. The predicted octanol–water partition coefficient (Wildman–Crippen LogP) is 3.84. The van der Waals surface area contributed by atoms with Gasteiger partial charge in [0.2, 0.25) is 0 Å². The Labute approximate surface area is 129 Å². The Hall–Kier alpha value is -1.39. The van der Waals surface area contributed by atoms with Crippen LogP contribution in [-0.2, 0) is 12.8 Å². The maximum atomic E-state index is 10.1. The van der Waals surface area contributed by atoms with Crippen molar-refractivity contribution in [3.05, 3.63) is 40.4 Å². The standard InChI is InChI=1S/C17H20N2OS/c1-11-9-12-5-2-3-6-13(12)19(10-11)17-18-16-14(20)7-4-8-15(16)21-17/h2-3,5-6,11,14,20H,4,7-10H2,1H3. The highest BCUT2D eigenvalue weighted by atomic mass is 32.1. The lowest BCUT2D eigenvalue weighted by Crippen LogP contribution is -2.30. The number of anilines is 2. The van der Waals surface area contributed by atoms with Crippen molar-refractivity contribution in [3.63, 3.8) is 0 Å². The first-order valence-corrected chi connectivity index (χ1v) is 8.57. The second kappa shape index (κ2) is 5.11. The summed E-state index contributed by atoms with van der Waals surface area (Å²) >= 11 is 1.77. The van der Waals surface area contributed by atoms with Crippen LogP contribution in [0.15, 0.2) is 24.3 Å². The lowest BCUT2D eigenvalue weighted by atomic mass is 9.94. The number of rotatable bonds is 1. The van der Waals surface area contributed by atoms with E-state index in [9.17, 15) is 5.11 Å². The summed E-state index contributed by atoms with van der Waals surface area (Å²) in [5.74, 6) is 0.630. The van der Waals surface area contributed by atoms with Crippen LogP contribution in [0, 0.1) is 5.92 Å². The van der Waals surface area contributed by atoms with Gasteiger partial charge in [0, 0.05) is 17.1 Å². The first kappa shape index (κ1) is 13.3. The molecule has 3 nitrogen and oxygen atoms in total. The Morgan fingerprint density at radius 2 is 2.19 bits per heavy atom. The average Bonchev–Trinajstić information content (AvgIpc) is 2.92. The molecule has 2 heterocycles. The highest BCUT2D eigenvalue weighted by Gasteiger charge is 2.28. The van der Waals surface area contributed by atoms with E-state index in [2.05, 4.69) is 36.1 Å². The quantitative estimate of drug-likeness (QED) is 0.869. The van der Waals surface area contributed by atoms with E-state index in [1.54, 1.807) is 11.3 Å². The fraction of sp³-hybridized carbons (Fsp3) is 0.471. The third-order valence-electron chi connectivity index (χ3n) is 4.49. The Balaban J connectivity index is 1.77. The van der Waals surface area contributed by atoms with Gasteiger partial charge in [-0.05, 0) is 43.2 Å². The zero-order valence-corrected chi connectivity index (χ0v) is 13.1. The lowest BCUT2D eigenvalue weighted by molar-refractivity contribution is 0.153. The Bertz CT molecular complexity index is 667. The van der Waals surface area contributed by atoms with E-state index in [0.29, 0.717) is 5.92 Å². The number of para-hydroxylation sites is 1. The molecule has 0 saturated heterocycles. The van der Waals surface area contributed by atoms with Gasteiger partial charge in [-0.1, -0.05) is 25.1 Å². The maximum Gasteiger partial charge on any atom is 0.190 e. The van der Waals surface area contributed by atoms with Gasteiger partial charge < -0.3 is 10.0 Å². The number of aliphatic hydroxyl groups excluding tert-OH is 1. The van der Waals surface area contributed by atoms with Crippen molar-refractivity contribution in [3.8, 4) is 0 Å². The molecule has 2 aliphatic rings. The number of fused-ring (bicyclic) bond motifs is 2. The predicted molar refractivity (Wildman–Crippen MR) is 86.3 cm³/mol. The molecule has 4 heteroatoms. The molecule has 110 valence electrons. The van der Waals surface area contributed by atoms with E-state index >= 15 is 0 Å². The summed E-state index contributed by atoms with van der Waals surface area (Å²) in [5, 5.41) is 11.2. The van der Waals surface area contributed by atoms with E-state index < -0.39 is 0 Å². The van der Waals surface area contributed by atoms with Crippen molar-refractivity contribution < 1.29 is 5.11 Å². The molecule has 0 radical (unpaired) electrons. The van der Waals surface area contributed by atoms with Gasteiger partial charge in [-0.2, -0.15) is 0 Å². The van der Waals surface area contributed by atoms with Gasteiger partial charge in [-0.15, -0.1) is 11.3 Å². The van der Waals surface area contributed by atoms with Gasteiger partial charge in [0.25, 0.3) is 0 Å². The first-order chi connectivity index (χ1) is 10.2. The highest BCUT2D eigenvalue weighted by molar-refractivity contribution is 7.15. The van der Waals surface area contributed by atoms with E-state index in [-0.39, 0.29) is 6.10 Å². The molecule has 2 aromatic rings. The molecule has 21 heavy (non-hydrogen) atoms. The normalized spacial score (nSPS) is 24.6. The third kappa shape index (κ3) is 2.27. The fourth-order valence-electron chi connectivity index (χ4n) is 3.48. The number of hydrogen-bond acceptors (Lipinski definition) is 4. The molecule has 1 aromatic carbocycles. The fourth-order valence-corrected chi connectivity index (χ4v) is 4.66. The molecule has 2 unspecified atom stereocenters. The number of hydrogen-bond donors (Lipinski definition) is 1. The number of benzene rings is 1. The minimum absolute atomic E-state index is 0.365. The minimum Gasteiger partial charge on any atom is -0.387 e. The van der Waals surface area contributed by atoms with Crippen molar-refractivity contribution >= 4 is 22.2 Å². The van der Waals surface area contributed by atoms with Crippen molar-refractivity contribution in [1.29, 1.82) is 0 Å². The van der Waals surface area contributed by atoms with Crippen LogP contribution in [0.25, 0.3) is 0 Å². The van der Waals surface area contributed by atoms with Crippen LogP contribution in [0.3, 0.4) is 0 Å². The zero-order valence-electron chi connectivity index (χ0n) is 12.2. The van der Waals surface area contributed by atoms with Crippen LogP contribution in [0.5, 0.6) is 0 Å². The average molecular weight is 300 g/mol. The molecule has 0 bridgehead atoms. The number of nitrogens with zero attached hydrogens (tertiary/aromatic N) is 2. The van der Waals surface area contributed by atoms with Crippen LogP contribution in [0.4, 0.5) is 10.8 Å². The summed E-state index contributed by atoms with van der Waals surface area (Å²) in [5.41, 5.74) is 3.62. The van der Waals surface area contributed by atoms with Crippen molar-refractivity contribution in [2.24, 2.45) is 5.92 Å². The van der Waals surface area contributed by atoms with Gasteiger partial charge in [-0.25, -0.2) is 4.98 Å². The number of aromatic nitrogens is 1. The minimum atomic E-state index is -0.365. The zero-order chi connectivity index (χ0) is 14.4. The van der Waals surface area contributed by atoms with Gasteiger partial charge in [0.15, 0.2) is 5.13 Å². The topological polar surface area (TPSA) is 36.4 Å². The molecule has 1 aliphatic heterocycles. The van der Waals surface area contributed by atoms with E-state index in [4.69, 9.17) is 4.98 Å². The largest absolute Gasteiger partial charge is 0.387 e. The summed E-state index contributed by atoms with van der Waals surface area (Å²) in [6.07, 6.45) is 3.76. The summed E-state index contributed by atoms with van der Waals surface area (Å²) in [6, 6.07) is 8.63. The van der Waals surface area contributed by atoms with Gasteiger partial charge in [0.1, 0.15) is 0 Å². The second-order valence-electron chi connectivity index (χ2n) is 6.26. The Kier molecular flexibility index (Phi) is 3.23. The summed E-state index contributed by atoms with van der Waals surface area (Å²) in [7, 11) is 0. The summed E-state index contributed by atoms with van der Waals surface area (Å²) in [6.45, 7) is 3.31. The molecule has 2 atom stereocenters. The lowest BCUT2D eigenvalue weighted by Gasteiger charge is -2.32. The number of aliphatic hydroxyl groups is 1. The highest BCUT2D eigenvalue weighted by Crippen LogP contribution is 2.41. The molecule has 4 rings (SSSR count).